The first-order valence-corrected chi connectivity index (χ1v) is 10.2. The number of rotatable bonds is 5. The van der Waals surface area contributed by atoms with Gasteiger partial charge in [0.25, 0.3) is 0 Å². The Hall–Kier alpha value is -2.18. The molecule has 1 fully saturated rings. The van der Waals surface area contributed by atoms with Crippen LogP contribution in [0, 0.1) is 5.92 Å². The number of benzene rings is 2. The maximum atomic E-state index is 12.4. The van der Waals surface area contributed by atoms with Crippen molar-refractivity contribution in [3.05, 3.63) is 65.7 Å². The monoisotopic (exact) mass is 377 g/mol. The molecule has 2 aromatic carbocycles. The van der Waals surface area contributed by atoms with E-state index in [2.05, 4.69) is 0 Å². The van der Waals surface area contributed by atoms with Gasteiger partial charge in [-0.1, -0.05) is 30.3 Å². The van der Waals surface area contributed by atoms with Crippen molar-refractivity contribution in [1.29, 1.82) is 0 Å². The number of halogens is 1. The van der Waals surface area contributed by atoms with E-state index in [0.29, 0.717) is 23.4 Å². The number of carbonyl (C=O) groups is 2. The zero-order valence-electron chi connectivity index (χ0n) is 13.3. The summed E-state index contributed by atoms with van der Waals surface area (Å²) >= 11 is 0. The first kappa shape index (κ1) is 17.6. The maximum absolute atomic E-state index is 12.4. The van der Waals surface area contributed by atoms with Crippen molar-refractivity contribution in [2.24, 2.45) is 5.92 Å². The van der Waals surface area contributed by atoms with E-state index in [9.17, 15) is 18.0 Å². The molecule has 5 nitrogen and oxygen atoms in total. The van der Waals surface area contributed by atoms with Gasteiger partial charge in [-0.3, -0.25) is 9.59 Å². The molecule has 1 amide bonds. The fraction of sp³-hybridized carbons (Fsp3) is 0.222. The summed E-state index contributed by atoms with van der Waals surface area (Å²) in [4.78, 5) is 26.1. The van der Waals surface area contributed by atoms with Crippen molar-refractivity contribution in [2.75, 3.05) is 17.2 Å². The number of hydrogen-bond acceptors (Lipinski definition) is 4. The number of anilines is 1. The van der Waals surface area contributed by atoms with E-state index in [-0.39, 0.29) is 29.8 Å². The Morgan fingerprint density at radius 2 is 1.64 bits per heavy atom. The molecule has 1 saturated heterocycles. The Bertz CT molecular complexity index is 894. The molecule has 0 aliphatic carbocycles. The standard InChI is InChI=1S/C18H16ClNO4S/c19-25(23,24)12-13-10-17(21)20(11-13)16-8-6-15(7-9-16)18(22)14-4-2-1-3-5-14/h1-9,13H,10-12H2. The fourth-order valence-electron chi connectivity index (χ4n) is 2.97. The predicted octanol–water partition coefficient (Wildman–Crippen LogP) is 2.84. The molecule has 0 saturated carbocycles. The summed E-state index contributed by atoms with van der Waals surface area (Å²) in [5.41, 5.74) is 1.77. The maximum Gasteiger partial charge on any atom is 0.232 e. The number of carbonyl (C=O) groups excluding carboxylic acids is 2. The van der Waals surface area contributed by atoms with Crippen LogP contribution in [0.1, 0.15) is 22.3 Å². The van der Waals surface area contributed by atoms with Gasteiger partial charge in [0.15, 0.2) is 5.78 Å². The third-order valence-corrected chi connectivity index (χ3v) is 5.36. The van der Waals surface area contributed by atoms with Gasteiger partial charge in [-0.15, -0.1) is 0 Å². The van der Waals surface area contributed by atoms with E-state index in [4.69, 9.17) is 10.7 Å². The van der Waals surface area contributed by atoms with Gasteiger partial charge >= 0.3 is 0 Å². The lowest BCUT2D eigenvalue weighted by Crippen LogP contribution is -2.25. The van der Waals surface area contributed by atoms with Crippen LogP contribution < -0.4 is 4.90 Å². The largest absolute Gasteiger partial charge is 0.312 e. The molecule has 7 heteroatoms. The Balaban J connectivity index is 1.74. The summed E-state index contributed by atoms with van der Waals surface area (Å²) in [5.74, 6) is -0.777. The zero-order chi connectivity index (χ0) is 18.0. The molecule has 130 valence electrons. The van der Waals surface area contributed by atoms with Gasteiger partial charge in [-0.25, -0.2) is 8.42 Å². The van der Waals surface area contributed by atoms with E-state index >= 15 is 0 Å². The molecular weight excluding hydrogens is 362 g/mol. The number of amides is 1. The van der Waals surface area contributed by atoms with Crippen molar-refractivity contribution >= 4 is 37.1 Å². The average molecular weight is 378 g/mol. The normalized spacial score (nSPS) is 17.7. The Morgan fingerprint density at radius 3 is 2.24 bits per heavy atom. The number of nitrogens with zero attached hydrogens (tertiary/aromatic N) is 1. The zero-order valence-corrected chi connectivity index (χ0v) is 14.8. The molecule has 1 atom stereocenters. The van der Waals surface area contributed by atoms with Crippen molar-refractivity contribution < 1.29 is 18.0 Å². The van der Waals surface area contributed by atoms with Crippen LogP contribution in [0.4, 0.5) is 5.69 Å². The lowest BCUT2D eigenvalue weighted by Gasteiger charge is -2.17. The molecule has 1 aliphatic rings. The SMILES string of the molecule is O=C(c1ccccc1)c1ccc(N2CC(CS(=O)(=O)Cl)CC2=O)cc1. The predicted molar refractivity (Wildman–Crippen MR) is 96.4 cm³/mol. The molecule has 1 unspecified atom stereocenters. The third-order valence-electron chi connectivity index (χ3n) is 4.12. The molecular formula is C18H16ClNO4S. The van der Waals surface area contributed by atoms with Gasteiger partial charge in [0.1, 0.15) is 0 Å². The minimum Gasteiger partial charge on any atom is -0.312 e. The molecule has 0 aromatic heterocycles. The van der Waals surface area contributed by atoms with E-state index in [1.165, 1.54) is 4.90 Å². The van der Waals surface area contributed by atoms with E-state index in [0.717, 1.165) is 0 Å². The van der Waals surface area contributed by atoms with Crippen LogP contribution in [0.25, 0.3) is 0 Å². The summed E-state index contributed by atoms with van der Waals surface area (Å²) in [6.45, 7) is 0.302. The minimum atomic E-state index is -3.64. The minimum absolute atomic E-state index is 0.0917. The van der Waals surface area contributed by atoms with E-state index in [1.54, 1.807) is 48.5 Å². The summed E-state index contributed by atoms with van der Waals surface area (Å²) in [5, 5.41) is 0. The molecule has 0 N–H and O–H groups in total. The van der Waals surface area contributed by atoms with Crippen LogP contribution >= 0.6 is 10.7 Å². The first-order valence-electron chi connectivity index (χ1n) is 7.76. The molecule has 2 aromatic rings. The second-order valence-corrected chi connectivity index (χ2v) is 8.84. The summed E-state index contributed by atoms with van der Waals surface area (Å²) in [7, 11) is 1.64. The highest BCUT2D eigenvalue weighted by molar-refractivity contribution is 8.13. The summed E-state index contributed by atoms with van der Waals surface area (Å²) in [6, 6.07) is 15.7. The van der Waals surface area contributed by atoms with Crippen LogP contribution in [-0.2, 0) is 13.8 Å². The van der Waals surface area contributed by atoms with Crippen molar-refractivity contribution in [3.8, 4) is 0 Å². The molecule has 25 heavy (non-hydrogen) atoms. The van der Waals surface area contributed by atoms with Gasteiger partial charge in [0.2, 0.25) is 15.0 Å². The van der Waals surface area contributed by atoms with E-state index in [1.807, 2.05) is 6.07 Å². The molecule has 0 radical (unpaired) electrons. The summed E-state index contributed by atoms with van der Waals surface area (Å²) < 4.78 is 22.4. The van der Waals surface area contributed by atoms with Gasteiger partial charge < -0.3 is 4.90 Å². The van der Waals surface area contributed by atoms with Gasteiger partial charge in [0, 0.05) is 46.4 Å². The van der Waals surface area contributed by atoms with Gasteiger partial charge in [0.05, 0.1) is 5.75 Å². The lowest BCUT2D eigenvalue weighted by atomic mass is 10.0. The van der Waals surface area contributed by atoms with Crippen molar-refractivity contribution in [1.82, 2.24) is 0 Å². The van der Waals surface area contributed by atoms with Crippen LogP contribution in [-0.4, -0.2) is 32.4 Å². The molecule has 1 heterocycles. The Labute approximate surface area is 150 Å². The molecule has 3 rings (SSSR count). The Kier molecular flexibility index (Phi) is 4.92. The summed E-state index contributed by atoms with van der Waals surface area (Å²) in [6.07, 6.45) is 0.149. The second kappa shape index (κ2) is 6.98. The topological polar surface area (TPSA) is 71.5 Å². The molecule has 0 bridgehead atoms. The Morgan fingerprint density at radius 1 is 1.04 bits per heavy atom. The van der Waals surface area contributed by atoms with Crippen LogP contribution in [0.2, 0.25) is 0 Å². The van der Waals surface area contributed by atoms with Gasteiger partial charge in [-0.05, 0) is 24.3 Å². The lowest BCUT2D eigenvalue weighted by molar-refractivity contribution is -0.117. The molecule has 1 aliphatic heterocycles. The van der Waals surface area contributed by atoms with Crippen LogP contribution in [0.15, 0.2) is 54.6 Å². The number of hydrogen-bond donors (Lipinski definition) is 0. The average Bonchev–Trinajstić information content (AvgIpc) is 2.93. The van der Waals surface area contributed by atoms with Crippen molar-refractivity contribution in [3.63, 3.8) is 0 Å². The highest BCUT2D eigenvalue weighted by atomic mass is 35.7. The van der Waals surface area contributed by atoms with Crippen LogP contribution in [0.5, 0.6) is 0 Å². The van der Waals surface area contributed by atoms with Crippen LogP contribution in [0.3, 0.4) is 0 Å². The van der Waals surface area contributed by atoms with Crippen molar-refractivity contribution in [2.45, 2.75) is 6.42 Å². The van der Waals surface area contributed by atoms with E-state index < -0.39 is 9.05 Å². The molecule has 0 spiro atoms. The fourth-order valence-corrected chi connectivity index (χ4v) is 4.29. The second-order valence-electron chi connectivity index (χ2n) is 6.02. The third kappa shape index (κ3) is 4.27. The van der Waals surface area contributed by atoms with Gasteiger partial charge in [-0.2, -0.15) is 0 Å². The highest BCUT2D eigenvalue weighted by Gasteiger charge is 2.33. The smallest absolute Gasteiger partial charge is 0.232 e. The number of ketones is 1. The first-order chi connectivity index (χ1) is 11.8. The quantitative estimate of drug-likeness (QED) is 0.593. The highest BCUT2D eigenvalue weighted by Crippen LogP contribution is 2.27.